The highest BCUT2D eigenvalue weighted by atomic mass is 79.9. The van der Waals surface area contributed by atoms with Gasteiger partial charge >= 0.3 is 5.66 Å². The minimum Gasteiger partial charge on any atom is -0.258 e. The van der Waals surface area contributed by atoms with E-state index in [1.54, 1.807) is 0 Å². The van der Waals surface area contributed by atoms with Gasteiger partial charge in [0.2, 0.25) is 0 Å². The van der Waals surface area contributed by atoms with Crippen LogP contribution in [0.25, 0.3) is 0 Å². The molecule has 0 unspecified atom stereocenters. The maximum Gasteiger partial charge on any atom is 0.460 e. The molecule has 0 rings (SSSR count). The fraction of sp³-hybridized carbons (Fsp3) is 1.00. The van der Waals surface area contributed by atoms with Crippen molar-refractivity contribution in [3.8, 4) is 0 Å². The fourth-order valence-electron chi connectivity index (χ4n) is 0.859. The molecule has 0 spiro atoms. The zero-order chi connectivity index (χ0) is 10.5. The number of rotatable bonds is 6. The van der Waals surface area contributed by atoms with Crippen LogP contribution in [0.5, 0.6) is 0 Å². The van der Waals surface area contributed by atoms with Crippen molar-refractivity contribution in [2.45, 2.75) is 18.5 Å². The van der Waals surface area contributed by atoms with Crippen LogP contribution in [0.4, 0.5) is 0 Å². The summed E-state index contributed by atoms with van der Waals surface area (Å²) in [6, 6.07) is 0. The molecular formula is C5H8Br2N2O4. The Kier molecular flexibility index (Phi) is 5.38. The smallest absolute Gasteiger partial charge is 0.258 e. The second-order valence-electron chi connectivity index (χ2n) is 2.37. The van der Waals surface area contributed by atoms with Crippen LogP contribution in [0.2, 0.25) is 0 Å². The van der Waals surface area contributed by atoms with Gasteiger partial charge in [0.1, 0.15) is 0 Å². The predicted molar refractivity (Wildman–Crippen MR) is 53.5 cm³/mol. The Labute approximate surface area is 91.2 Å². The first-order valence-electron chi connectivity index (χ1n) is 3.42. The van der Waals surface area contributed by atoms with Crippen LogP contribution in [-0.2, 0) is 0 Å². The number of hydrogen-bond donors (Lipinski definition) is 0. The zero-order valence-electron chi connectivity index (χ0n) is 6.61. The fourth-order valence-corrected chi connectivity index (χ4v) is 2.13. The molecule has 0 aromatic carbocycles. The number of nitro groups is 2. The molecule has 0 aliphatic rings. The number of halogens is 2. The van der Waals surface area contributed by atoms with Gasteiger partial charge in [-0.3, -0.25) is 20.2 Å². The molecule has 0 aromatic heterocycles. The van der Waals surface area contributed by atoms with E-state index in [-0.39, 0.29) is 23.5 Å². The molecule has 0 aromatic rings. The number of hydrogen-bond acceptors (Lipinski definition) is 4. The first-order valence-corrected chi connectivity index (χ1v) is 5.66. The highest BCUT2D eigenvalue weighted by molar-refractivity contribution is 9.09. The third-order valence-corrected chi connectivity index (χ3v) is 2.46. The van der Waals surface area contributed by atoms with Gasteiger partial charge in [-0.2, -0.15) is 0 Å². The summed E-state index contributed by atoms with van der Waals surface area (Å²) in [4.78, 5) is 19.5. The molecule has 0 bridgehead atoms. The first kappa shape index (κ1) is 12.8. The predicted octanol–water partition coefficient (Wildman–Crippen LogP) is 1.81. The summed E-state index contributed by atoms with van der Waals surface area (Å²) in [5, 5.41) is 21.6. The topological polar surface area (TPSA) is 86.3 Å². The summed E-state index contributed by atoms with van der Waals surface area (Å²) in [7, 11) is 0. The molecule has 0 fully saturated rings. The Morgan fingerprint density at radius 2 is 1.31 bits per heavy atom. The van der Waals surface area contributed by atoms with Gasteiger partial charge in [-0.1, -0.05) is 31.9 Å². The van der Waals surface area contributed by atoms with Crippen molar-refractivity contribution in [1.82, 2.24) is 0 Å². The first-order chi connectivity index (χ1) is 6.01. The Hall–Kier alpha value is -0.240. The normalized spacial score (nSPS) is 11.2. The second kappa shape index (κ2) is 5.48. The van der Waals surface area contributed by atoms with Crippen molar-refractivity contribution < 1.29 is 9.85 Å². The molecule has 0 N–H and O–H groups in total. The third kappa shape index (κ3) is 2.87. The van der Waals surface area contributed by atoms with Gasteiger partial charge in [-0.15, -0.1) is 0 Å². The quantitative estimate of drug-likeness (QED) is 0.323. The van der Waals surface area contributed by atoms with Crippen LogP contribution in [0.15, 0.2) is 0 Å². The van der Waals surface area contributed by atoms with Crippen LogP contribution >= 0.6 is 31.9 Å². The summed E-state index contributed by atoms with van der Waals surface area (Å²) >= 11 is 5.94. The summed E-state index contributed by atoms with van der Waals surface area (Å²) in [5.41, 5.74) is -2.05. The lowest BCUT2D eigenvalue weighted by atomic mass is 10.1. The lowest BCUT2D eigenvalue weighted by Gasteiger charge is -2.14. The van der Waals surface area contributed by atoms with E-state index in [4.69, 9.17) is 0 Å². The van der Waals surface area contributed by atoms with Crippen LogP contribution < -0.4 is 0 Å². The van der Waals surface area contributed by atoms with Gasteiger partial charge in [0, 0.05) is 10.7 Å². The van der Waals surface area contributed by atoms with E-state index in [1.807, 2.05) is 0 Å². The Balaban J connectivity index is 4.80. The average molecular weight is 320 g/mol. The largest absolute Gasteiger partial charge is 0.460 e. The van der Waals surface area contributed by atoms with E-state index in [0.29, 0.717) is 0 Å². The lowest BCUT2D eigenvalue weighted by Crippen LogP contribution is -2.47. The molecule has 0 aliphatic carbocycles. The Bertz CT molecular complexity index is 189. The van der Waals surface area contributed by atoms with E-state index in [9.17, 15) is 20.2 Å². The van der Waals surface area contributed by atoms with Gasteiger partial charge in [-0.25, -0.2) is 0 Å². The third-order valence-electron chi connectivity index (χ3n) is 1.67. The number of nitrogens with zero attached hydrogens (tertiary/aromatic N) is 2. The van der Waals surface area contributed by atoms with Crippen molar-refractivity contribution in [3.63, 3.8) is 0 Å². The monoisotopic (exact) mass is 318 g/mol. The summed E-state index contributed by atoms with van der Waals surface area (Å²) in [6.07, 6.45) is -0.225. The van der Waals surface area contributed by atoms with Crippen LogP contribution in [0, 0.1) is 20.2 Å². The lowest BCUT2D eigenvalue weighted by molar-refractivity contribution is -0.797. The van der Waals surface area contributed by atoms with E-state index in [2.05, 4.69) is 31.9 Å². The SMILES string of the molecule is O=[N+]([O-])C(CCBr)(CCBr)[N+](=O)[O-]. The standard InChI is InChI=1S/C5H8Br2N2O4/c6-3-1-5(2-4-7,8(10)11)9(12)13/h1-4H2. The maximum absolute atomic E-state index is 10.6. The van der Waals surface area contributed by atoms with Crippen LogP contribution in [-0.4, -0.2) is 26.2 Å². The molecule has 6 nitrogen and oxygen atoms in total. The molecule has 0 heterocycles. The van der Waals surface area contributed by atoms with Crippen LogP contribution in [0.1, 0.15) is 12.8 Å². The van der Waals surface area contributed by atoms with Gasteiger partial charge in [0.15, 0.2) is 0 Å². The van der Waals surface area contributed by atoms with Crippen molar-refractivity contribution >= 4 is 31.9 Å². The van der Waals surface area contributed by atoms with Gasteiger partial charge in [0.25, 0.3) is 0 Å². The molecule has 0 radical (unpaired) electrons. The van der Waals surface area contributed by atoms with E-state index >= 15 is 0 Å². The molecule has 0 saturated heterocycles. The van der Waals surface area contributed by atoms with Gasteiger partial charge in [0.05, 0.1) is 22.7 Å². The number of alkyl halides is 2. The highest BCUT2D eigenvalue weighted by Gasteiger charge is 2.54. The molecule has 76 valence electrons. The Morgan fingerprint density at radius 1 is 1.00 bits per heavy atom. The second-order valence-corrected chi connectivity index (χ2v) is 3.96. The molecule has 0 saturated carbocycles. The van der Waals surface area contributed by atoms with E-state index in [1.165, 1.54) is 0 Å². The zero-order valence-corrected chi connectivity index (χ0v) is 9.78. The molecule has 13 heavy (non-hydrogen) atoms. The minimum atomic E-state index is -2.05. The van der Waals surface area contributed by atoms with E-state index in [0.717, 1.165) is 0 Å². The summed E-state index contributed by atoms with van der Waals surface area (Å²) in [6.45, 7) is 0. The highest BCUT2D eigenvalue weighted by Crippen LogP contribution is 2.22. The Morgan fingerprint density at radius 3 is 1.46 bits per heavy atom. The molecule has 0 aliphatic heterocycles. The van der Waals surface area contributed by atoms with Gasteiger partial charge < -0.3 is 0 Å². The molecule has 0 atom stereocenters. The summed E-state index contributed by atoms with van der Waals surface area (Å²) in [5.74, 6) is 0. The van der Waals surface area contributed by atoms with Crippen LogP contribution in [0.3, 0.4) is 0 Å². The maximum atomic E-state index is 10.6. The average Bonchev–Trinajstić information content (AvgIpc) is 2.03. The van der Waals surface area contributed by atoms with E-state index < -0.39 is 15.5 Å². The molecular weight excluding hydrogens is 312 g/mol. The minimum absolute atomic E-state index is 0.113. The van der Waals surface area contributed by atoms with Gasteiger partial charge in [-0.05, 0) is 0 Å². The van der Waals surface area contributed by atoms with Crippen molar-refractivity contribution in [3.05, 3.63) is 20.2 Å². The van der Waals surface area contributed by atoms with Crippen molar-refractivity contribution in [2.24, 2.45) is 0 Å². The summed E-state index contributed by atoms with van der Waals surface area (Å²) < 4.78 is 0. The molecule has 8 heteroatoms. The van der Waals surface area contributed by atoms with Crippen molar-refractivity contribution in [1.29, 1.82) is 0 Å². The van der Waals surface area contributed by atoms with Crippen molar-refractivity contribution in [2.75, 3.05) is 10.7 Å². The molecule has 0 amide bonds.